The second-order valence-electron chi connectivity index (χ2n) is 4.56. The first-order valence-electron chi connectivity index (χ1n) is 5.88. The molecule has 82 valence electrons. The van der Waals surface area contributed by atoms with Gasteiger partial charge in [0.25, 0.3) is 0 Å². The average Bonchev–Trinajstić information content (AvgIpc) is 2.67. The lowest BCUT2D eigenvalue weighted by molar-refractivity contribution is 0.349. The predicted molar refractivity (Wildman–Crippen MR) is 64.0 cm³/mol. The minimum atomic E-state index is 0.793. The second-order valence-corrected chi connectivity index (χ2v) is 5.70. The van der Waals surface area contributed by atoms with Gasteiger partial charge in [-0.15, -0.1) is 0 Å². The molecule has 0 bridgehead atoms. The van der Waals surface area contributed by atoms with Crippen LogP contribution in [0.3, 0.4) is 0 Å². The maximum absolute atomic E-state index is 3.83. The van der Waals surface area contributed by atoms with Crippen molar-refractivity contribution in [1.29, 1.82) is 0 Å². The van der Waals surface area contributed by atoms with Crippen LogP contribution in [-0.4, -0.2) is 36.7 Å². The molecule has 1 aliphatic carbocycles. The van der Waals surface area contributed by atoms with Gasteiger partial charge in [0.15, 0.2) is 0 Å². The molecule has 0 aromatic carbocycles. The molecule has 0 radical (unpaired) electrons. The Morgan fingerprint density at radius 1 is 1.07 bits per heavy atom. The first kappa shape index (κ1) is 10.8. The average molecular weight is 214 g/mol. The van der Waals surface area contributed by atoms with E-state index < -0.39 is 0 Å². The summed E-state index contributed by atoms with van der Waals surface area (Å²) in [5.74, 6) is 0. The van der Waals surface area contributed by atoms with Crippen LogP contribution in [0.1, 0.15) is 32.1 Å². The van der Waals surface area contributed by atoms with Gasteiger partial charge in [-0.1, -0.05) is 0 Å². The van der Waals surface area contributed by atoms with Crippen molar-refractivity contribution in [2.75, 3.05) is 19.3 Å². The number of hydrogen-bond donors (Lipinski definition) is 2. The Bertz CT molecular complexity index is 169. The van der Waals surface area contributed by atoms with Crippen molar-refractivity contribution < 1.29 is 0 Å². The van der Waals surface area contributed by atoms with E-state index in [2.05, 4.69) is 16.9 Å². The number of nitrogens with one attached hydrogen (secondary N) is 2. The van der Waals surface area contributed by atoms with Crippen LogP contribution in [0.15, 0.2) is 0 Å². The lowest BCUT2D eigenvalue weighted by Crippen LogP contribution is -2.43. The molecular formula is C11H22N2S. The molecule has 2 N–H and O–H groups in total. The maximum Gasteiger partial charge on any atom is 0.00938 e. The highest BCUT2D eigenvalue weighted by molar-refractivity contribution is 7.99. The normalized spacial score (nSPS) is 34.9. The quantitative estimate of drug-likeness (QED) is 0.746. The summed E-state index contributed by atoms with van der Waals surface area (Å²) in [6.07, 6.45) is 9.10. The van der Waals surface area contributed by atoms with Crippen LogP contribution in [0.2, 0.25) is 0 Å². The van der Waals surface area contributed by atoms with Crippen LogP contribution >= 0.6 is 11.8 Å². The van der Waals surface area contributed by atoms with Crippen LogP contribution in [0.5, 0.6) is 0 Å². The first-order chi connectivity index (χ1) is 6.88. The third-order valence-electron chi connectivity index (χ3n) is 3.53. The minimum absolute atomic E-state index is 0.793. The standard InChI is InChI=1S/C11H22N2S/c1-14-11-3-2-10(8-11)13-9-4-6-12-7-5-9/h9-13H,2-8H2,1H3. The molecule has 1 saturated carbocycles. The zero-order valence-corrected chi connectivity index (χ0v) is 9.91. The molecule has 0 amide bonds. The Morgan fingerprint density at radius 3 is 2.50 bits per heavy atom. The smallest absolute Gasteiger partial charge is 0.00938 e. The maximum atomic E-state index is 3.83. The molecule has 1 aliphatic heterocycles. The Morgan fingerprint density at radius 2 is 1.86 bits per heavy atom. The lowest BCUT2D eigenvalue weighted by Gasteiger charge is -2.27. The Kier molecular flexibility index (Phi) is 4.14. The molecule has 2 atom stereocenters. The highest BCUT2D eigenvalue weighted by atomic mass is 32.2. The summed E-state index contributed by atoms with van der Waals surface area (Å²) in [5, 5.41) is 8.17. The monoisotopic (exact) mass is 214 g/mol. The first-order valence-corrected chi connectivity index (χ1v) is 7.17. The van der Waals surface area contributed by atoms with Crippen LogP contribution < -0.4 is 10.6 Å². The third-order valence-corrected chi connectivity index (χ3v) is 4.62. The van der Waals surface area contributed by atoms with Crippen molar-refractivity contribution in [2.24, 2.45) is 0 Å². The fourth-order valence-electron chi connectivity index (χ4n) is 2.63. The van der Waals surface area contributed by atoms with Gasteiger partial charge in [-0.2, -0.15) is 11.8 Å². The molecular weight excluding hydrogens is 192 g/mol. The van der Waals surface area contributed by atoms with Gasteiger partial charge in [0.1, 0.15) is 0 Å². The van der Waals surface area contributed by atoms with Gasteiger partial charge in [0, 0.05) is 17.3 Å². The summed E-state index contributed by atoms with van der Waals surface area (Å²) in [4.78, 5) is 0. The van der Waals surface area contributed by atoms with Crippen molar-refractivity contribution in [1.82, 2.24) is 10.6 Å². The second kappa shape index (κ2) is 5.38. The molecule has 2 nitrogen and oxygen atoms in total. The highest BCUT2D eigenvalue weighted by Crippen LogP contribution is 2.28. The van der Waals surface area contributed by atoms with E-state index in [0.29, 0.717) is 0 Å². The van der Waals surface area contributed by atoms with Gasteiger partial charge >= 0.3 is 0 Å². The highest BCUT2D eigenvalue weighted by Gasteiger charge is 2.26. The van der Waals surface area contributed by atoms with Crippen molar-refractivity contribution in [2.45, 2.75) is 49.4 Å². The molecule has 2 unspecified atom stereocenters. The van der Waals surface area contributed by atoms with E-state index in [9.17, 15) is 0 Å². The van der Waals surface area contributed by atoms with E-state index >= 15 is 0 Å². The summed E-state index contributed by atoms with van der Waals surface area (Å²) in [7, 11) is 0. The largest absolute Gasteiger partial charge is 0.317 e. The fourth-order valence-corrected chi connectivity index (χ4v) is 3.42. The van der Waals surface area contributed by atoms with Gasteiger partial charge < -0.3 is 10.6 Å². The molecule has 0 aromatic rings. The van der Waals surface area contributed by atoms with E-state index in [1.54, 1.807) is 0 Å². The van der Waals surface area contributed by atoms with Gasteiger partial charge in [-0.05, 0) is 51.4 Å². The van der Waals surface area contributed by atoms with Crippen molar-refractivity contribution in [3.8, 4) is 0 Å². The number of rotatable bonds is 3. The molecule has 0 spiro atoms. The van der Waals surface area contributed by atoms with E-state index in [4.69, 9.17) is 0 Å². The SMILES string of the molecule is CSC1CCC(NC2CCNCC2)C1. The molecule has 2 fully saturated rings. The minimum Gasteiger partial charge on any atom is -0.317 e. The van der Waals surface area contributed by atoms with Crippen LogP contribution in [0.4, 0.5) is 0 Å². The fraction of sp³-hybridized carbons (Fsp3) is 1.00. The van der Waals surface area contributed by atoms with Gasteiger partial charge in [0.2, 0.25) is 0 Å². The summed E-state index contributed by atoms with van der Waals surface area (Å²) >= 11 is 2.05. The van der Waals surface area contributed by atoms with E-state index in [0.717, 1.165) is 17.3 Å². The number of thioether (sulfide) groups is 1. The Labute approximate surface area is 91.6 Å². The Balaban J connectivity index is 1.69. The summed E-state index contributed by atoms with van der Waals surface area (Å²) in [5.41, 5.74) is 0. The summed E-state index contributed by atoms with van der Waals surface area (Å²) < 4.78 is 0. The Hall–Kier alpha value is 0.270. The lowest BCUT2D eigenvalue weighted by atomic mass is 10.1. The van der Waals surface area contributed by atoms with E-state index in [1.165, 1.54) is 45.2 Å². The zero-order valence-electron chi connectivity index (χ0n) is 9.09. The van der Waals surface area contributed by atoms with Gasteiger partial charge in [0.05, 0.1) is 0 Å². The van der Waals surface area contributed by atoms with Crippen LogP contribution in [-0.2, 0) is 0 Å². The van der Waals surface area contributed by atoms with Crippen LogP contribution in [0.25, 0.3) is 0 Å². The van der Waals surface area contributed by atoms with Gasteiger partial charge in [-0.3, -0.25) is 0 Å². The van der Waals surface area contributed by atoms with E-state index in [-0.39, 0.29) is 0 Å². The summed E-state index contributed by atoms with van der Waals surface area (Å²) in [6, 6.07) is 1.61. The molecule has 0 aromatic heterocycles. The van der Waals surface area contributed by atoms with Gasteiger partial charge in [-0.25, -0.2) is 0 Å². The topological polar surface area (TPSA) is 24.1 Å². The number of piperidine rings is 1. The molecule has 1 heterocycles. The molecule has 2 rings (SSSR count). The summed E-state index contributed by atoms with van der Waals surface area (Å²) in [6.45, 7) is 2.41. The van der Waals surface area contributed by atoms with Crippen molar-refractivity contribution in [3.05, 3.63) is 0 Å². The third kappa shape index (κ3) is 2.88. The predicted octanol–water partition coefficient (Wildman–Crippen LogP) is 1.61. The molecule has 14 heavy (non-hydrogen) atoms. The van der Waals surface area contributed by atoms with Crippen LogP contribution in [0, 0.1) is 0 Å². The zero-order chi connectivity index (χ0) is 9.80. The molecule has 2 aliphatic rings. The van der Waals surface area contributed by atoms with Crippen molar-refractivity contribution in [3.63, 3.8) is 0 Å². The van der Waals surface area contributed by atoms with E-state index in [1.807, 2.05) is 11.8 Å². The van der Waals surface area contributed by atoms with Crippen molar-refractivity contribution >= 4 is 11.8 Å². The molecule has 3 heteroatoms. The number of hydrogen-bond acceptors (Lipinski definition) is 3. The molecule has 1 saturated heterocycles.